The van der Waals surface area contributed by atoms with Crippen LogP contribution < -0.4 is 4.90 Å². The average molecular weight is 440 g/mol. The van der Waals surface area contributed by atoms with E-state index in [4.69, 9.17) is 9.47 Å². The summed E-state index contributed by atoms with van der Waals surface area (Å²) in [4.78, 5) is 39.5. The number of nitrogens with zero attached hydrogens (tertiary/aromatic N) is 1. The fourth-order valence-electron chi connectivity index (χ4n) is 3.40. The molecule has 0 N–H and O–H groups in total. The molecule has 0 aliphatic rings. The Morgan fingerprint density at radius 3 is 1.94 bits per heavy atom. The molecule has 0 radical (unpaired) electrons. The lowest BCUT2D eigenvalue weighted by atomic mass is 9.98. The highest BCUT2D eigenvalue weighted by Gasteiger charge is 2.31. The summed E-state index contributed by atoms with van der Waals surface area (Å²) in [7, 11) is 0. The lowest BCUT2D eigenvalue weighted by Gasteiger charge is -2.27. The van der Waals surface area contributed by atoms with Crippen LogP contribution in [-0.4, -0.2) is 36.6 Å². The summed E-state index contributed by atoms with van der Waals surface area (Å²) in [6.45, 7) is 9.47. The Bertz CT molecular complexity index is 900. The van der Waals surface area contributed by atoms with Crippen LogP contribution in [0.5, 0.6) is 0 Å². The summed E-state index contributed by atoms with van der Waals surface area (Å²) >= 11 is 0. The molecule has 0 spiro atoms. The number of anilines is 1. The number of carbonyl (C=O) groups excluding carboxylic acids is 3. The number of rotatable bonds is 9. The lowest BCUT2D eigenvalue weighted by Crippen LogP contribution is -2.39. The Morgan fingerprint density at radius 2 is 1.41 bits per heavy atom. The van der Waals surface area contributed by atoms with E-state index in [1.165, 1.54) is 0 Å². The first-order chi connectivity index (χ1) is 15.1. The van der Waals surface area contributed by atoms with Crippen LogP contribution in [0.3, 0.4) is 0 Å². The van der Waals surface area contributed by atoms with Gasteiger partial charge in [-0.2, -0.15) is 0 Å². The molecule has 1 atom stereocenters. The molecule has 2 rings (SSSR count). The number of hydrogen-bond acceptors (Lipinski definition) is 5. The summed E-state index contributed by atoms with van der Waals surface area (Å²) in [6, 6.07) is 17.6. The van der Waals surface area contributed by atoms with Crippen LogP contribution in [-0.2, 0) is 23.9 Å². The number of amides is 1. The fourth-order valence-corrected chi connectivity index (χ4v) is 3.40. The lowest BCUT2D eigenvalue weighted by molar-refractivity contribution is -0.158. The van der Waals surface area contributed by atoms with E-state index in [0.717, 1.165) is 11.1 Å². The smallest absolute Gasteiger partial charge is 0.307 e. The maximum atomic E-state index is 13.4. The Morgan fingerprint density at radius 1 is 0.844 bits per heavy atom. The maximum Gasteiger partial charge on any atom is 0.307 e. The van der Waals surface area contributed by atoms with Crippen molar-refractivity contribution in [3.05, 3.63) is 54.6 Å². The number of hydrogen-bond donors (Lipinski definition) is 0. The van der Waals surface area contributed by atoms with E-state index >= 15 is 0 Å². The Kier molecular flexibility index (Phi) is 9.00. The first kappa shape index (κ1) is 25.1. The summed E-state index contributed by atoms with van der Waals surface area (Å²) in [5.41, 5.74) is 2.15. The van der Waals surface area contributed by atoms with Crippen molar-refractivity contribution in [3.63, 3.8) is 0 Å². The molecule has 2 aromatic carbocycles. The van der Waals surface area contributed by atoms with Gasteiger partial charge in [0.1, 0.15) is 5.60 Å². The van der Waals surface area contributed by atoms with Crippen LogP contribution >= 0.6 is 0 Å². The number of carbonyl (C=O) groups is 3. The van der Waals surface area contributed by atoms with Crippen molar-refractivity contribution in [1.29, 1.82) is 0 Å². The molecule has 0 heterocycles. The van der Waals surface area contributed by atoms with E-state index in [1.54, 1.807) is 32.6 Å². The predicted molar refractivity (Wildman–Crippen MR) is 125 cm³/mol. The van der Waals surface area contributed by atoms with Gasteiger partial charge >= 0.3 is 11.9 Å². The molecule has 2 aromatic rings. The Hall–Kier alpha value is -3.15. The van der Waals surface area contributed by atoms with Crippen LogP contribution in [0.25, 0.3) is 11.1 Å². The van der Waals surface area contributed by atoms with E-state index in [0.29, 0.717) is 12.2 Å². The Balaban J connectivity index is 2.23. The second-order valence-electron chi connectivity index (χ2n) is 8.49. The number of esters is 2. The van der Waals surface area contributed by atoms with E-state index in [2.05, 4.69) is 0 Å². The van der Waals surface area contributed by atoms with Crippen LogP contribution in [0.15, 0.2) is 54.6 Å². The van der Waals surface area contributed by atoms with E-state index in [-0.39, 0.29) is 25.4 Å². The molecule has 0 aliphatic carbocycles. The molecular weight excluding hydrogens is 406 g/mol. The van der Waals surface area contributed by atoms with Gasteiger partial charge in [-0.15, -0.1) is 0 Å². The largest absolute Gasteiger partial charge is 0.466 e. The molecule has 0 aliphatic heterocycles. The van der Waals surface area contributed by atoms with Gasteiger partial charge in [0.15, 0.2) is 0 Å². The number of benzene rings is 2. The van der Waals surface area contributed by atoms with E-state index in [9.17, 15) is 14.4 Å². The van der Waals surface area contributed by atoms with Crippen molar-refractivity contribution < 1.29 is 23.9 Å². The number of ether oxygens (including phenoxy) is 2. The molecule has 1 unspecified atom stereocenters. The second-order valence-corrected chi connectivity index (χ2v) is 8.49. The van der Waals surface area contributed by atoms with Gasteiger partial charge < -0.3 is 14.4 Å². The molecule has 6 heteroatoms. The molecule has 172 valence electrons. The quantitative estimate of drug-likeness (QED) is 0.514. The van der Waals surface area contributed by atoms with Gasteiger partial charge in [-0.1, -0.05) is 42.5 Å². The maximum absolute atomic E-state index is 13.4. The van der Waals surface area contributed by atoms with Crippen molar-refractivity contribution in [1.82, 2.24) is 0 Å². The van der Waals surface area contributed by atoms with Crippen LogP contribution in [0.2, 0.25) is 0 Å². The highest BCUT2D eigenvalue weighted by molar-refractivity contribution is 5.98. The van der Waals surface area contributed by atoms with Gasteiger partial charge in [0, 0.05) is 12.2 Å². The summed E-state index contributed by atoms with van der Waals surface area (Å²) < 4.78 is 10.4. The standard InChI is InChI=1S/C26H33NO5/c1-6-27(22-15-13-20(14-16-22)19-11-9-8-10-12-19)25(30)21(17-23(28)31-7-2)18-24(29)32-26(3,4)5/h8-16,21H,6-7,17-18H2,1-5H3. The van der Waals surface area contributed by atoms with Crippen LogP contribution in [0, 0.1) is 5.92 Å². The zero-order chi connectivity index (χ0) is 23.7. The summed E-state index contributed by atoms with van der Waals surface area (Å²) in [5, 5.41) is 0. The van der Waals surface area contributed by atoms with Gasteiger partial charge in [0.2, 0.25) is 5.91 Å². The third-order valence-corrected chi connectivity index (χ3v) is 4.77. The van der Waals surface area contributed by atoms with Crippen LogP contribution in [0.4, 0.5) is 5.69 Å². The van der Waals surface area contributed by atoms with Gasteiger partial charge in [-0.25, -0.2) is 0 Å². The van der Waals surface area contributed by atoms with Crippen molar-refractivity contribution in [2.75, 3.05) is 18.1 Å². The minimum absolute atomic E-state index is 0.176. The van der Waals surface area contributed by atoms with Gasteiger partial charge in [-0.05, 0) is 57.9 Å². The minimum Gasteiger partial charge on any atom is -0.466 e. The molecule has 0 bridgehead atoms. The van der Waals surface area contributed by atoms with Crippen molar-refractivity contribution >= 4 is 23.5 Å². The van der Waals surface area contributed by atoms with E-state index < -0.39 is 23.5 Å². The molecule has 1 amide bonds. The van der Waals surface area contributed by atoms with Gasteiger partial charge in [-0.3, -0.25) is 14.4 Å². The second kappa shape index (κ2) is 11.5. The van der Waals surface area contributed by atoms with Gasteiger partial charge in [0.05, 0.1) is 25.4 Å². The molecule has 0 saturated carbocycles. The van der Waals surface area contributed by atoms with Crippen molar-refractivity contribution in [3.8, 4) is 11.1 Å². The SMILES string of the molecule is CCOC(=O)CC(CC(=O)OC(C)(C)C)C(=O)N(CC)c1ccc(-c2ccccc2)cc1. The molecule has 6 nitrogen and oxygen atoms in total. The zero-order valence-corrected chi connectivity index (χ0v) is 19.6. The highest BCUT2D eigenvalue weighted by atomic mass is 16.6. The molecule has 0 aromatic heterocycles. The third-order valence-electron chi connectivity index (χ3n) is 4.77. The topological polar surface area (TPSA) is 72.9 Å². The summed E-state index contributed by atoms with van der Waals surface area (Å²) in [5.74, 6) is -2.20. The molecule has 32 heavy (non-hydrogen) atoms. The first-order valence-corrected chi connectivity index (χ1v) is 11.0. The van der Waals surface area contributed by atoms with Crippen molar-refractivity contribution in [2.45, 2.75) is 53.1 Å². The summed E-state index contributed by atoms with van der Waals surface area (Å²) in [6.07, 6.45) is -0.363. The fraction of sp³-hybridized carbons (Fsp3) is 0.423. The highest BCUT2D eigenvalue weighted by Crippen LogP contribution is 2.26. The predicted octanol–water partition coefficient (Wildman–Crippen LogP) is 5.01. The third kappa shape index (κ3) is 7.52. The van der Waals surface area contributed by atoms with Crippen LogP contribution in [0.1, 0.15) is 47.5 Å². The first-order valence-electron chi connectivity index (χ1n) is 11.0. The molecular formula is C26H33NO5. The Labute approximate surface area is 190 Å². The average Bonchev–Trinajstić information content (AvgIpc) is 2.73. The zero-order valence-electron chi connectivity index (χ0n) is 19.6. The van der Waals surface area contributed by atoms with Gasteiger partial charge in [0.25, 0.3) is 0 Å². The van der Waals surface area contributed by atoms with E-state index in [1.807, 2.05) is 61.5 Å². The normalized spacial score (nSPS) is 12.0. The minimum atomic E-state index is -0.863. The van der Waals surface area contributed by atoms with Crippen molar-refractivity contribution in [2.24, 2.45) is 5.92 Å². The molecule has 0 saturated heterocycles. The molecule has 0 fully saturated rings. The monoisotopic (exact) mass is 439 g/mol.